The number of esters is 3. The molecule has 1 aromatic carbocycles. The number of carbonyl (C=O) groups is 5. The van der Waals surface area contributed by atoms with Crippen molar-refractivity contribution in [3.05, 3.63) is 46.6 Å². The van der Waals surface area contributed by atoms with Gasteiger partial charge in [0.1, 0.15) is 24.2 Å². The van der Waals surface area contributed by atoms with Crippen LogP contribution in [0.1, 0.15) is 61.8 Å². The van der Waals surface area contributed by atoms with Gasteiger partial charge < -0.3 is 33.9 Å². The van der Waals surface area contributed by atoms with Gasteiger partial charge in [-0.1, -0.05) is 11.6 Å². The van der Waals surface area contributed by atoms with Crippen molar-refractivity contribution in [3.63, 3.8) is 0 Å². The number of benzene rings is 1. The van der Waals surface area contributed by atoms with E-state index in [1.165, 1.54) is 6.92 Å². The first-order chi connectivity index (χ1) is 18.3. The smallest absolute Gasteiger partial charge is 0.303 e. The number of ether oxygens (including phenoxy) is 5. The number of carbonyl (C=O) groups excluding carboxylic acids is 5. The Morgan fingerprint density at radius 3 is 2.08 bits per heavy atom. The van der Waals surface area contributed by atoms with E-state index in [0.717, 1.165) is 37.6 Å². The molecule has 12 heteroatoms. The van der Waals surface area contributed by atoms with Gasteiger partial charge in [0.05, 0.1) is 17.2 Å². The molecule has 0 aromatic heterocycles. The summed E-state index contributed by atoms with van der Waals surface area (Å²) in [5.41, 5.74) is -0.00804. The van der Waals surface area contributed by atoms with Gasteiger partial charge >= 0.3 is 17.9 Å². The van der Waals surface area contributed by atoms with Crippen LogP contribution in [0.2, 0.25) is 0 Å². The molecule has 5 atom stereocenters. The molecule has 1 fully saturated rings. The quantitative estimate of drug-likeness (QED) is 0.201. The molecule has 0 radical (unpaired) electrons. The second-order valence-corrected chi connectivity index (χ2v) is 9.28. The number of hydrogen-bond acceptors (Lipinski definition) is 12. The molecule has 1 aliphatic heterocycles. The summed E-state index contributed by atoms with van der Waals surface area (Å²) in [6.45, 7) is 6.68. The summed E-state index contributed by atoms with van der Waals surface area (Å²) in [5.74, 6) is -4.57. The number of phenolic OH excluding ortho intramolecular Hbond substituents is 2. The zero-order valence-electron chi connectivity index (χ0n) is 22.1. The van der Waals surface area contributed by atoms with E-state index in [9.17, 15) is 34.2 Å². The summed E-state index contributed by atoms with van der Waals surface area (Å²) >= 11 is 0. The first-order valence-corrected chi connectivity index (χ1v) is 12.1. The van der Waals surface area contributed by atoms with Crippen molar-refractivity contribution in [2.45, 2.75) is 71.7 Å². The van der Waals surface area contributed by atoms with Crippen LogP contribution in [-0.4, -0.2) is 77.0 Å². The molecule has 39 heavy (non-hydrogen) atoms. The molecule has 0 saturated carbocycles. The molecular formula is C27H30O12. The third-order valence-corrected chi connectivity index (χ3v) is 5.89. The van der Waals surface area contributed by atoms with Crippen LogP contribution >= 0.6 is 0 Å². The van der Waals surface area contributed by atoms with E-state index in [4.69, 9.17) is 23.7 Å². The van der Waals surface area contributed by atoms with Crippen molar-refractivity contribution < 1.29 is 57.9 Å². The highest BCUT2D eigenvalue weighted by Crippen LogP contribution is 2.38. The van der Waals surface area contributed by atoms with Crippen LogP contribution in [0.15, 0.2) is 35.4 Å². The zero-order valence-corrected chi connectivity index (χ0v) is 22.1. The lowest BCUT2D eigenvalue weighted by atomic mass is 9.85. The van der Waals surface area contributed by atoms with Crippen LogP contribution in [0.4, 0.5) is 0 Å². The van der Waals surface area contributed by atoms with Crippen molar-refractivity contribution in [1.82, 2.24) is 0 Å². The van der Waals surface area contributed by atoms with E-state index in [2.05, 4.69) is 0 Å². The lowest BCUT2D eigenvalue weighted by Crippen LogP contribution is -2.43. The predicted octanol–water partition coefficient (Wildman–Crippen LogP) is 2.30. The van der Waals surface area contributed by atoms with Gasteiger partial charge in [0, 0.05) is 26.3 Å². The molecule has 1 heterocycles. The number of fused-ring (bicyclic) bond motifs is 1. The van der Waals surface area contributed by atoms with Crippen LogP contribution in [-0.2, 0) is 38.1 Å². The topological polar surface area (TPSA) is 172 Å². The Kier molecular flexibility index (Phi) is 9.25. The third kappa shape index (κ3) is 6.89. The SMILES string of the molecule is CC(=O)OC[C@@H]1O[C@H](OC(CC=C(C)C)C2=CC(=O)c3c(O)ccc(O)c3C2=O)[C@H](OC(C)=O)[C@H]1OC(C)=O. The molecule has 3 rings (SSSR count). The standard InChI is InChI=1S/C27H30O12/c1-12(2)6-9-20(16-10-19(33)22-17(31)7-8-18(32)23(22)24(16)34)38-27-26(37-15(5)30)25(36-14(4)29)21(39-27)11-35-13(3)28/h6-8,10,20-21,25-27,31-32H,9,11H2,1-5H3/t20?,21-,25-,26+,27-/m0/s1. The van der Waals surface area contributed by atoms with Crippen molar-refractivity contribution in [2.75, 3.05) is 6.61 Å². The summed E-state index contributed by atoms with van der Waals surface area (Å²) in [5, 5.41) is 20.5. The van der Waals surface area contributed by atoms with E-state index < -0.39 is 71.7 Å². The predicted molar refractivity (Wildman–Crippen MR) is 132 cm³/mol. The fraction of sp³-hybridized carbons (Fsp3) is 0.444. The van der Waals surface area contributed by atoms with E-state index in [-0.39, 0.29) is 29.7 Å². The maximum absolute atomic E-state index is 13.5. The van der Waals surface area contributed by atoms with Gasteiger partial charge in [-0.3, -0.25) is 24.0 Å². The summed E-state index contributed by atoms with van der Waals surface area (Å²) in [7, 11) is 0. The second-order valence-electron chi connectivity index (χ2n) is 9.28. The molecule has 2 aliphatic rings. The maximum atomic E-state index is 13.5. The minimum absolute atomic E-state index is 0.0571. The number of rotatable bonds is 9. The first kappa shape index (κ1) is 29.5. The van der Waals surface area contributed by atoms with E-state index >= 15 is 0 Å². The summed E-state index contributed by atoms with van der Waals surface area (Å²) in [6, 6.07) is 2.19. The fourth-order valence-electron chi connectivity index (χ4n) is 4.27. The van der Waals surface area contributed by atoms with Crippen molar-refractivity contribution in [1.29, 1.82) is 0 Å². The molecule has 1 aromatic rings. The highest BCUT2D eigenvalue weighted by atomic mass is 16.7. The van der Waals surface area contributed by atoms with Gasteiger partial charge in [-0.2, -0.15) is 0 Å². The van der Waals surface area contributed by atoms with E-state index in [1.807, 2.05) is 0 Å². The fourth-order valence-corrected chi connectivity index (χ4v) is 4.27. The van der Waals surface area contributed by atoms with Crippen LogP contribution in [0.5, 0.6) is 11.5 Å². The molecule has 12 nitrogen and oxygen atoms in total. The lowest BCUT2D eigenvalue weighted by Gasteiger charge is -2.28. The molecule has 210 valence electrons. The third-order valence-electron chi connectivity index (χ3n) is 5.89. The Morgan fingerprint density at radius 1 is 0.923 bits per heavy atom. The number of phenols is 2. The Balaban J connectivity index is 2.02. The van der Waals surface area contributed by atoms with Crippen LogP contribution in [0, 0.1) is 0 Å². The highest BCUT2D eigenvalue weighted by Gasteiger charge is 2.51. The molecule has 1 unspecified atom stereocenters. The van der Waals surface area contributed by atoms with Gasteiger partial charge in [-0.25, -0.2) is 0 Å². The Bertz CT molecular complexity index is 1240. The largest absolute Gasteiger partial charge is 0.507 e. The Morgan fingerprint density at radius 2 is 1.51 bits per heavy atom. The zero-order chi connectivity index (χ0) is 29.0. The van der Waals surface area contributed by atoms with Crippen LogP contribution < -0.4 is 0 Å². The number of Topliss-reactive ketones (excluding diaryl/α,β-unsaturated/α-hetero) is 1. The van der Waals surface area contributed by atoms with E-state index in [1.54, 1.807) is 19.9 Å². The number of ketones is 2. The second kappa shape index (κ2) is 12.2. The molecular weight excluding hydrogens is 516 g/mol. The highest BCUT2D eigenvalue weighted by molar-refractivity contribution is 6.27. The Labute approximate surface area is 224 Å². The average molecular weight is 547 g/mol. The summed E-state index contributed by atoms with van der Waals surface area (Å²) in [6.07, 6.45) is -3.42. The van der Waals surface area contributed by atoms with E-state index in [0.29, 0.717) is 0 Å². The maximum Gasteiger partial charge on any atom is 0.303 e. The summed E-state index contributed by atoms with van der Waals surface area (Å²) in [4.78, 5) is 61.5. The molecule has 0 amide bonds. The molecule has 1 saturated heterocycles. The van der Waals surface area contributed by atoms with Gasteiger partial charge in [-0.15, -0.1) is 0 Å². The van der Waals surface area contributed by atoms with Crippen LogP contribution in [0.3, 0.4) is 0 Å². The van der Waals surface area contributed by atoms with Crippen LogP contribution in [0.25, 0.3) is 0 Å². The summed E-state index contributed by atoms with van der Waals surface area (Å²) < 4.78 is 27.7. The van der Waals surface area contributed by atoms with Gasteiger partial charge in [0.25, 0.3) is 0 Å². The monoisotopic (exact) mass is 546 g/mol. The van der Waals surface area contributed by atoms with Gasteiger partial charge in [-0.05, 0) is 38.5 Å². The first-order valence-electron chi connectivity index (χ1n) is 12.1. The molecule has 1 aliphatic carbocycles. The van der Waals surface area contributed by atoms with Crippen molar-refractivity contribution in [2.24, 2.45) is 0 Å². The molecule has 0 bridgehead atoms. The van der Waals surface area contributed by atoms with Gasteiger partial charge in [0.2, 0.25) is 0 Å². The minimum Gasteiger partial charge on any atom is -0.507 e. The lowest BCUT2D eigenvalue weighted by molar-refractivity contribution is -0.200. The van der Waals surface area contributed by atoms with Crippen molar-refractivity contribution in [3.8, 4) is 11.5 Å². The van der Waals surface area contributed by atoms with Gasteiger partial charge in [0.15, 0.2) is 30.1 Å². The van der Waals surface area contributed by atoms with Crippen molar-refractivity contribution >= 4 is 29.5 Å². The number of hydrogen-bond donors (Lipinski definition) is 2. The molecule has 2 N–H and O–H groups in total. The minimum atomic E-state index is -1.42. The normalized spacial score (nSPS) is 22.8. The average Bonchev–Trinajstić information content (AvgIpc) is 3.13. The Hall–Kier alpha value is -4.03. The number of allylic oxidation sites excluding steroid dienone is 2. The number of aromatic hydroxyl groups is 2. The molecule has 0 spiro atoms.